The summed E-state index contributed by atoms with van der Waals surface area (Å²) in [5.41, 5.74) is 11.3. The van der Waals surface area contributed by atoms with Crippen molar-refractivity contribution in [3.8, 4) is 16.9 Å². The van der Waals surface area contributed by atoms with Crippen LogP contribution in [0.2, 0.25) is 0 Å². The first-order valence-corrected chi connectivity index (χ1v) is 13.7. The van der Waals surface area contributed by atoms with Crippen molar-refractivity contribution in [2.75, 3.05) is 19.5 Å². The first kappa shape index (κ1) is 26.4. The second-order valence-corrected chi connectivity index (χ2v) is 10.4. The Labute approximate surface area is 216 Å². The Morgan fingerprint density at radius 1 is 0.892 bits per heavy atom. The predicted octanol–water partition coefficient (Wildman–Crippen LogP) is 3.74. The monoisotopic (exact) mass is 523 g/mol. The summed E-state index contributed by atoms with van der Waals surface area (Å²) >= 11 is 0. The molecule has 9 heteroatoms. The summed E-state index contributed by atoms with van der Waals surface area (Å²) in [6.07, 6.45) is 0.795. The highest BCUT2D eigenvalue weighted by molar-refractivity contribution is 7.86. The van der Waals surface area contributed by atoms with Gasteiger partial charge >= 0.3 is 22.1 Å². The Morgan fingerprint density at radius 2 is 1.46 bits per heavy atom. The van der Waals surface area contributed by atoms with Crippen molar-refractivity contribution < 1.29 is 31.7 Å². The number of ether oxygens (including phenoxy) is 2. The van der Waals surface area contributed by atoms with Crippen LogP contribution in [-0.2, 0) is 29.2 Å². The maximum atomic E-state index is 13.1. The van der Waals surface area contributed by atoms with E-state index < -0.39 is 34.0 Å². The zero-order chi connectivity index (χ0) is 26.6. The van der Waals surface area contributed by atoms with E-state index in [1.54, 1.807) is 19.1 Å². The average Bonchev–Trinajstić information content (AvgIpc) is 3.19. The van der Waals surface area contributed by atoms with Gasteiger partial charge in [0.15, 0.2) is 0 Å². The molecule has 0 saturated heterocycles. The van der Waals surface area contributed by atoms with Crippen molar-refractivity contribution in [1.82, 2.24) is 0 Å². The number of hydrogen-bond donors (Lipinski definition) is 1. The van der Waals surface area contributed by atoms with Crippen LogP contribution >= 0.6 is 0 Å². The van der Waals surface area contributed by atoms with Gasteiger partial charge in [-0.15, -0.1) is 0 Å². The van der Waals surface area contributed by atoms with Gasteiger partial charge in [0.1, 0.15) is 18.4 Å². The Morgan fingerprint density at radius 3 is 2.00 bits per heavy atom. The van der Waals surface area contributed by atoms with E-state index in [1.165, 1.54) is 12.1 Å². The third-order valence-electron chi connectivity index (χ3n) is 6.31. The van der Waals surface area contributed by atoms with Crippen LogP contribution in [0.3, 0.4) is 0 Å². The molecule has 3 aromatic rings. The lowest BCUT2D eigenvalue weighted by molar-refractivity contribution is -0.147. The van der Waals surface area contributed by atoms with Gasteiger partial charge in [-0.05, 0) is 46.9 Å². The molecular formula is C28H29NO7S. The van der Waals surface area contributed by atoms with Crippen molar-refractivity contribution >= 4 is 22.1 Å². The Kier molecular flexibility index (Phi) is 7.94. The van der Waals surface area contributed by atoms with Crippen molar-refractivity contribution in [3.05, 3.63) is 89.5 Å². The van der Waals surface area contributed by atoms with E-state index in [0.717, 1.165) is 28.5 Å². The molecule has 37 heavy (non-hydrogen) atoms. The molecule has 3 aromatic carbocycles. The quantitative estimate of drug-likeness (QED) is 0.315. The zero-order valence-corrected chi connectivity index (χ0v) is 21.4. The molecule has 1 aliphatic rings. The van der Waals surface area contributed by atoms with Crippen molar-refractivity contribution in [2.45, 2.75) is 31.2 Å². The average molecular weight is 524 g/mol. The van der Waals surface area contributed by atoms with Gasteiger partial charge in [-0.2, -0.15) is 8.42 Å². The van der Waals surface area contributed by atoms with E-state index in [0.29, 0.717) is 5.56 Å². The highest BCUT2D eigenvalue weighted by atomic mass is 32.2. The molecule has 0 amide bonds. The van der Waals surface area contributed by atoms with Crippen molar-refractivity contribution in [1.29, 1.82) is 0 Å². The van der Waals surface area contributed by atoms with E-state index in [1.807, 2.05) is 48.5 Å². The molecular weight excluding hydrogens is 494 g/mol. The topological polar surface area (TPSA) is 122 Å². The number of carbonyl (C=O) groups is 2. The van der Waals surface area contributed by atoms with Crippen LogP contribution in [0.25, 0.3) is 11.1 Å². The van der Waals surface area contributed by atoms with E-state index >= 15 is 0 Å². The van der Waals surface area contributed by atoms with Crippen LogP contribution in [-0.4, -0.2) is 45.9 Å². The summed E-state index contributed by atoms with van der Waals surface area (Å²) < 4.78 is 38.5. The minimum atomic E-state index is -3.70. The van der Waals surface area contributed by atoms with Gasteiger partial charge < -0.3 is 19.4 Å². The van der Waals surface area contributed by atoms with Crippen molar-refractivity contribution in [2.24, 2.45) is 5.73 Å². The molecule has 0 aliphatic heterocycles. The smallest absolute Gasteiger partial charge is 0.323 e. The molecule has 8 nitrogen and oxygen atoms in total. The van der Waals surface area contributed by atoms with Gasteiger partial charge in [-0.1, -0.05) is 60.7 Å². The molecule has 0 bridgehead atoms. The van der Waals surface area contributed by atoms with Gasteiger partial charge in [0.2, 0.25) is 0 Å². The molecule has 2 atom stereocenters. The molecule has 0 aromatic heterocycles. The fraction of sp³-hybridized carbons (Fsp3) is 0.286. The summed E-state index contributed by atoms with van der Waals surface area (Å²) in [6.45, 7) is 1.98. The van der Waals surface area contributed by atoms with E-state index in [-0.39, 0.29) is 31.3 Å². The van der Waals surface area contributed by atoms with Crippen LogP contribution in [0.5, 0.6) is 5.75 Å². The number of rotatable bonds is 10. The third kappa shape index (κ3) is 6.18. The molecule has 0 heterocycles. The van der Waals surface area contributed by atoms with Gasteiger partial charge in [0.25, 0.3) is 0 Å². The lowest BCUT2D eigenvalue weighted by Gasteiger charge is -2.23. The van der Waals surface area contributed by atoms with E-state index in [2.05, 4.69) is 0 Å². The Bertz CT molecular complexity index is 1340. The summed E-state index contributed by atoms with van der Waals surface area (Å²) in [6, 6.07) is 20.9. The number of benzene rings is 3. The molecule has 2 unspecified atom stereocenters. The number of fused-ring (bicyclic) bond motifs is 3. The highest BCUT2D eigenvalue weighted by Crippen LogP contribution is 2.44. The SMILES string of the molecule is CCOC(=O)CC(c1ccc(OS(C)(=O)=O)cc1)C(N)C(=O)OCC1c2ccccc2-c2ccccc21. The number of carbonyl (C=O) groups excluding carboxylic acids is 2. The number of hydrogen-bond acceptors (Lipinski definition) is 8. The maximum Gasteiger partial charge on any atom is 0.323 e. The summed E-state index contributed by atoms with van der Waals surface area (Å²) in [5, 5.41) is 0. The molecule has 0 radical (unpaired) electrons. The van der Waals surface area contributed by atoms with Crippen LogP contribution in [0.15, 0.2) is 72.8 Å². The first-order chi connectivity index (χ1) is 17.7. The van der Waals surface area contributed by atoms with Crippen molar-refractivity contribution in [3.63, 3.8) is 0 Å². The molecule has 0 fully saturated rings. The van der Waals surface area contributed by atoms with Crippen LogP contribution in [0.4, 0.5) is 0 Å². The fourth-order valence-electron chi connectivity index (χ4n) is 4.66. The standard InChI is InChI=1S/C28H29NO7S/c1-3-34-26(30)16-24(18-12-14-19(15-13-18)36-37(2,32)33)27(29)28(31)35-17-25-22-10-6-4-8-20(22)21-9-5-7-11-23(21)25/h4-15,24-25,27H,3,16-17,29H2,1-2H3. The minimum Gasteiger partial charge on any atom is -0.466 e. The molecule has 0 spiro atoms. The largest absolute Gasteiger partial charge is 0.466 e. The minimum absolute atomic E-state index is 0.105. The predicted molar refractivity (Wildman–Crippen MR) is 139 cm³/mol. The lowest BCUT2D eigenvalue weighted by atomic mass is 9.89. The second-order valence-electron chi connectivity index (χ2n) is 8.86. The zero-order valence-electron chi connectivity index (χ0n) is 20.6. The van der Waals surface area contributed by atoms with Crippen LogP contribution in [0, 0.1) is 0 Å². The Hall–Kier alpha value is -3.69. The van der Waals surface area contributed by atoms with E-state index in [9.17, 15) is 18.0 Å². The number of nitrogens with two attached hydrogens (primary N) is 1. The first-order valence-electron chi connectivity index (χ1n) is 11.9. The fourth-order valence-corrected chi connectivity index (χ4v) is 5.12. The molecule has 1 aliphatic carbocycles. The Balaban J connectivity index is 1.52. The van der Waals surface area contributed by atoms with Crippen LogP contribution in [0.1, 0.15) is 41.9 Å². The molecule has 4 rings (SSSR count). The summed E-state index contributed by atoms with van der Waals surface area (Å²) in [4.78, 5) is 25.4. The molecule has 0 saturated carbocycles. The maximum absolute atomic E-state index is 13.1. The second kappa shape index (κ2) is 11.1. The number of esters is 2. The van der Waals surface area contributed by atoms with Crippen LogP contribution < -0.4 is 9.92 Å². The van der Waals surface area contributed by atoms with Gasteiger partial charge in [-0.25, -0.2) is 0 Å². The van der Waals surface area contributed by atoms with Gasteiger partial charge in [0.05, 0.1) is 19.3 Å². The normalized spacial score (nSPS) is 14.2. The van der Waals surface area contributed by atoms with Gasteiger partial charge in [-0.3, -0.25) is 9.59 Å². The molecule has 2 N–H and O–H groups in total. The van der Waals surface area contributed by atoms with Gasteiger partial charge in [0, 0.05) is 11.8 Å². The summed E-state index contributed by atoms with van der Waals surface area (Å²) in [5.74, 6) is -1.92. The third-order valence-corrected chi connectivity index (χ3v) is 6.80. The lowest BCUT2D eigenvalue weighted by Crippen LogP contribution is -2.40. The highest BCUT2D eigenvalue weighted by Gasteiger charge is 2.33. The van der Waals surface area contributed by atoms with E-state index in [4.69, 9.17) is 19.4 Å². The summed E-state index contributed by atoms with van der Waals surface area (Å²) in [7, 11) is -3.70. The molecule has 194 valence electrons.